The molecule has 1 unspecified atom stereocenters. The van der Waals surface area contributed by atoms with E-state index in [2.05, 4.69) is 0 Å². The lowest BCUT2D eigenvalue weighted by molar-refractivity contribution is 0.169. The highest BCUT2D eigenvalue weighted by atomic mass is 35.5. The van der Waals surface area contributed by atoms with Crippen molar-refractivity contribution in [1.82, 2.24) is 4.31 Å². The standard InChI is InChI=1S/C4H10ClNO4S/c1-6(11(8,9)10)3-4(7)2-5/h4,7H,2-3H2,1H3,(H,8,9,10)/p-1. The van der Waals surface area contributed by atoms with E-state index in [1.54, 1.807) is 0 Å². The van der Waals surface area contributed by atoms with Crippen LogP contribution >= 0.6 is 11.6 Å². The van der Waals surface area contributed by atoms with Crippen LogP contribution in [0.3, 0.4) is 0 Å². The van der Waals surface area contributed by atoms with Gasteiger partial charge in [-0.25, -0.2) is 12.7 Å². The molecule has 0 aromatic carbocycles. The predicted octanol–water partition coefficient (Wildman–Crippen LogP) is -1.02. The third-order valence-electron chi connectivity index (χ3n) is 1.03. The summed E-state index contributed by atoms with van der Waals surface area (Å²) in [6, 6.07) is 0. The summed E-state index contributed by atoms with van der Waals surface area (Å²) in [4.78, 5) is 0. The van der Waals surface area contributed by atoms with Crippen molar-refractivity contribution < 1.29 is 18.1 Å². The van der Waals surface area contributed by atoms with Crippen LogP contribution in [0.2, 0.25) is 0 Å². The van der Waals surface area contributed by atoms with Gasteiger partial charge in [0.25, 0.3) is 0 Å². The second kappa shape index (κ2) is 4.22. The minimum Gasteiger partial charge on any atom is -0.735 e. The summed E-state index contributed by atoms with van der Waals surface area (Å²) in [5, 5.41) is 8.81. The SMILES string of the molecule is CN(CC(O)CCl)S(=O)(=O)[O-]. The molecule has 0 aromatic heterocycles. The summed E-state index contributed by atoms with van der Waals surface area (Å²) in [5.74, 6) is -0.0974. The average molecular weight is 203 g/mol. The first-order chi connectivity index (χ1) is 4.88. The number of nitrogens with zero attached hydrogens (tertiary/aromatic N) is 1. The summed E-state index contributed by atoms with van der Waals surface area (Å²) >= 11 is 5.17. The quantitative estimate of drug-likeness (QED) is 0.467. The van der Waals surface area contributed by atoms with E-state index in [4.69, 9.17) is 16.7 Å². The molecule has 0 bridgehead atoms. The highest BCUT2D eigenvalue weighted by molar-refractivity contribution is 7.83. The van der Waals surface area contributed by atoms with Gasteiger partial charge in [0.2, 0.25) is 0 Å². The fourth-order valence-corrected chi connectivity index (χ4v) is 0.889. The Bertz CT molecular complexity index is 204. The Morgan fingerprint density at radius 3 is 2.45 bits per heavy atom. The summed E-state index contributed by atoms with van der Waals surface area (Å²) in [6.07, 6.45) is -0.995. The molecule has 0 spiro atoms. The fraction of sp³-hybridized carbons (Fsp3) is 1.00. The molecular weight excluding hydrogens is 194 g/mol. The maximum atomic E-state index is 10.2. The van der Waals surface area contributed by atoms with Crippen LogP contribution in [0.1, 0.15) is 0 Å². The Morgan fingerprint density at radius 1 is 1.73 bits per heavy atom. The van der Waals surface area contributed by atoms with Crippen LogP contribution in [-0.2, 0) is 10.3 Å². The third-order valence-corrected chi connectivity index (χ3v) is 2.30. The molecule has 0 saturated carbocycles. The summed E-state index contributed by atoms with van der Waals surface area (Å²) in [6.45, 7) is -0.269. The van der Waals surface area contributed by atoms with E-state index in [0.717, 1.165) is 7.05 Å². The van der Waals surface area contributed by atoms with E-state index in [1.807, 2.05) is 0 Å². The summed E-state index contributed by atoms with van der Waals surface area (Å²) < 4.78 is 31.1. The molecule has 0 aliphatic carbocycles. The van der Waals surface area contributed by atoms with Crippen molar-refractivity contribution in [2.45, 2.75) is 6.10 Å². The van der Waals surface area contributed by atoms with Crippen LogP contribution in [0, 0.1) is 0 Å². The van der Waals surface area contributed by atoms with E-state index >= 15 is 0 Å². The lowest BCUT2D eigenvalue weighted by Gasteiger charge is -2.21. The maximum absolute atomic E-state index is 10.2. The molecule has 0 aliphatic rings. The van der Waals surface area contributed by atoms with Gasteiger partial charge in [-0.2, -0.15) is 0 Å². The molecule has 11 heavy (non-hydrogen) atoms. The largest absolute Gasteiger partial charge is 0.735 e. The molecular formula is C4H9ClNO4S-. The number of hydrogen-bond donors (Lipinski definition) is 1. The first-order valence-electron chi connectivity index (χ1n) is 2.79. The molecule has 1 atom stereocenters. The second-order valence-corrected chi connectivity index (χ2v) is 3.83. The van der Waals surface area contributed by atoms with E-state index < -0.39 is 16.4 Å². The van der Waals surface area contributed by atoms with Crippen LogP contribution in [0.4, 0.5) is 0 Å². The molecule has 1 N–H and O–H groups in total. The molecule has 0 amide bonds. The lowest BCUT2D eigenvalue weighted by atomic mass is 10.4. The Hall–Kier alpha value is 0.120. The Morgan fingerprint density at radius 2 is 2.18 bits per heavy atom. The molecule has 5 nitrogen and oxygen atoms in total. The van der Waals surface area contributed by atoms with E-state index in [9.17, 15) is 13.0 Å². The van der Waals surface area contributed by atoms with Gasteiger partial charge in [-0.05, 0) is 0 Å². The molecule has 68 valence electrons. The van der Waals surface area contributed by atoms with Gasteiger partial charge in [-0.3, -0.25) is 0 Å². The van der Waals surface area contributed by atoms with E-state index in [-0.39, 0.29) is 12.4 Å². The smallest absolute Gasteiger partial charge is 0.161 e. The van der Waals surface area contributed by atoms with Gasteiger partial charge in [-0.1, -0.05) is 0 Å². The fourth-order valence-electron chi connectivity index (χ4n) is 0.437. The van der Waals surface area contributed by atoms with Crippen molar-refractivity contribution in [3.63, 3.8) is 0 Å². The van der Waals surface area contributed by atoms with Crippen molar-refractivity contribution in [2.24, 2.45) is 0 Å². The number of halogens is 1. The topological polar surface area (TPSA) is 80.7 Å². The minimum atomic E-state index is -4.44. The van der Waals surface area contributed by atoms with E-state index in [0.29, 0.717) is 4.31 Å². The average Bonchev–Trinajstić information content (AvgIpc) is 1.85. The Kier molecular flexibility index (Phi) is 4.27. The zero-order chi connectivity index (χ0) is 9.07. The van der Waals surface area contributed by atoms with E-state index in [1.165, 1.54) is 0 Å². The van der Waals surface area contributed by atoms with Gasteiger partial charge in [-0.15, -0.1) is 11.6 Å². The van der Waals surface area contributed by atoms with Crippen LogP contribution < -0.4 is 0 Å². The number of aliphatic hydroxyl groups excluding tert-OH is 1. The zero-order valence-corrected chi connectivity index (χ0v) is 7.47. The first kappa shape index (κ1) is 11.1. The van der Waals surface area contributed by atoms with Crippen molar-refractivity contribution in [1.29, 1.82) is 0 Å². The van der Waals surface area contributed by atoms with Gasteiger partial charge < -0.3 is 9.66 Å². The van der Waals surface area contributed by atoms with Crippen LogP contribution in [-0.4, -0.2) is 48.0 Å². The van der Waals surface area contributed by atoms with Crippen LogP contribution in [0.5, 0.6) is 0 Å². The lowest BCUT2D eigenvalue weighted by Crippen LogP contribution is -2.34. The number of rotatable bonds is 4. The van der Waals surface area contributed by atoms with Crippen molar-refractivity contribution in [2.75, 3.05) is 19.5 Å². The normalized spacial score (nSPS) is 15.4. The molecule has 0 aromatic rings. The first-order valence-corrected chi connectivity index (χ1v) is 4.69. The monoisotopic (exact) mass is 202 g/mol. The van der Waals surface area contributed by atoms with Gasteiger partial charge in [0.15, 0.2) is 10.3 Å². The van der Waals surface area contributed by atoms with Gasteiger partial charge in [0.05, 0.1) is 6.10 Å². The molecule has 0 fully saturated rings. The Balaban J connectivity index is 3.98. The molecule has 0 aliphatic heterocycles. The number of hydrogen-bond acceptors (Lipinski definition) is 4. The number of aliphatic hydroxyl groups is 1. The zero-order valence-electron chi connectivity index (χ0n) is 5.90. The molecule has 0 rings (SSSR count). The van der Waals surface area contributed by atoms with Crippen molar-refractivity contribution in [3.05, 3.63) is 0 Å². The summed E-state index contributed by atoms with van der Waals surface area (Å²) in [7, 11) is -3.36. The van der Waals surface area contributed by atoms with Gasteiger partial charge in [0, 0.05) is 19.5 Å². The van der Waals surface area contributed by atoms with Crippen molar-refractivity contribution in [3.8, 4) is 0 Å². The highest BCUT2D eigenvalue weighted by Gasteiger charge is 2.10. The minimum absolute atomic E-state index is 0.0974. The number of likely N-dealkylation sites (N-methyl/N-ethyl adjacent to an activating group) is 1. The summed E-state index contributed by atoms with van der Waals surface area (Å²) in [5.41, 5.74) is 0. The molecule has 0 radical (unpaired) electrons. The maximum Gasteiger partial charge on any atom is 0.161 e. The Labute approximate surface area is 70.5 Å². The predicted molar refractivity (Wildman–Crippen MR) is 39.1 cm³/mol. The third kappa shape index (κ3) is 4.54. The second-order valence-electron chi connectivity index (χ2n) is 2.05. The molecule has 0 saturated heterocycles. The highest BCUT2D eigenvalue weighted by Crippen LogP contribution is 1.96. The van der Waals surface area contributed by atoms with Gasteiger partial charge in [0.1, 0.15) is 0 Å². The number of alkyl halides is 1. The van der Waals surface area contributed by atoms with Crippen LogP contribution in [0.15, 0.2) is 0 Å². The van der Waals surface area contributed by atoms with Crippen molar-refractivity contribution >= 4 is 21.9 Å². The molecule has 7 heteroatoms. The van der Waals surface area contributed by atoms with Gasteiger partial charge >= 0.3 is 0 Å². The van der Waals surface area contributed by atoms with Crippen LogP contribution in [0.25, 0.3) is 0 Å². The molecule has 0 heterocycles.